The maximum Gasteiger partial charge on any atom is 0.257 e. The minimum atomic E-state index is -3.99. The summed E-state index contributed by atoms with van der Waals surface area (Å²) < 4.78 is 33.9. The zero-order valence-electron chi connectivity index (χ0n) is 14.8. The van der Waals surface area contributed by atoms with Crippen LogP contribution in [-0.4, -0.2) is 52.5 Å². The molecule has 1 unspecified atom stereocenters. The van der Waals surface area contributed by atoms with Gasteiger partial charge in [-0.05, 0) is 37.8 Å². The van der Waals surface area contributed by atoms with E-state index in [1.165, 1.54) is 24.1 Å². The third-order valence-corrected chi connectivity index (χ3v) is 6.26. The second kappa shape index (κ2) is 7.11. The Kier molecular flexibility index (Phi) is 5.68. The quantitative estimate of drug-likeness (QED) is 0.735. The van der Waals surface area contributed by atoms with Gasteiger partial charge in [-0.1, -0.05) is 11.6 Å². The zero-order valence-corrected chi connectivity index (χ0v) is 16.4. The molecule has 7 nitrogen and oxygen atoms in total. The number of nitrogens with two attached hydrogens (primary N) is 1. The lowest BCUT2D eigenvalue weighted by Crippen LogP contribution is -2.53. The van der Waals surface area contributed by atoms with Crippen molar-refractivity contribution >= 4 is 27.5 Å². The van der Waals surface area contributed by atoms with Crippen molar-refractivity contribution < 1.29 is 17.9 Å². The molecule has 0 radical (unpaired) electrons. The van der Waals surface area contributed by atoms with Crippen molar-refractivity contribution in [3.05, 3.63) is 22.7 Å². The van der Waals surface area contributed by atoms with E-state index >= 15 is 0 Å². The number of rotatable bonds is 7. The molecule has 0 aliphatic heterocycles. The number of methoxy groups -OCH3 is 1. The Bertz CT molecular complexity index is 778. The molecule has 1 aromatic rings. The summed E-state index contributed by atoms with van der Waals surface area (Å²) in [5, 5.41) is 0.132. The predicted octanol–water partition coefficient (Wildman–Crippen LogP) is 1.46. The van der Waals surface area contributed by atoms with Crippen molar-refractivity contribution in [2.75, 3.05) is 27.7 Å². The van der Waals surface area contributed by atoms with Gasteiger partial charge in [0.2, 0.25) is 10.0 Å². The van der Waals surface area contributed by atoms with Crippen LogP contribution in [0.15, 0.2) is 17.0 Å². The first kappa shape index (κ1) is 20.0. The number of carbonyl (C=O) groups is 1. The summed E-state index contributed by atoms with van der Waals surface area (Å²) in [5.41, 5.74) is 5.14. The van der Waals surface area contributed by atoms with Crippen molar-refractivity contribution in [1.82, 2.24) is 9.62 Å². The molecule has 25 heavy (non-hydrogen) atoms. The lowest BCUT2D eigenvalue weighted by molar-refractivity contribution is 0.0824. The molecule has 1 aromatic carbocycles. The van der Waals surface area contributed by atoms with Crippen LogP contribution in [0.3, 0.4) is 0 Å². The summed E-state index contributed by atoms with van der Waals surface area (Å²) in [6.07, 6.45) is 1.85. The van der Waals surface area contributed by atoms with Crippen LogP contribution in [0.5, 0.6) is 5.75 Å². The summed E-state index contributed by atoms with van der Waals surface area (Å²) in [6, 6.07) is 2.67. The van der Waals surface area contributed by atoms with E-state index in [9.17, 15) is 13.2 Å². The van der Waals surface area contributed by atoms with E-state index in [1.807, 2.05) is 0 Å². The van der Waals surface area contributed by atoms with Crippen LogP contribution >= 0.6 is 11.6 Å². The normalized spacial score (nSPS) is 17.0. The number of ether oxygens (including phenoxy) is 1. The Morgan fingerprint density at radius 2 is 2.04 bits per heavy atom. The molecule has 1 amide bonds. The number of hydrogen-bond acceptors (Lipinski definition) is 5. The highest BCUT2D eigenvalue weighted by Gasteiger charge is 2.44. The van der Waals surface area contributed by atoms with E-state index in [0.717, 1.165) is 12.8 Å². The summed E-state index contributed by atoms with van der Waals surface area (Å²) >= 11 is 6.07. The number of hydrogen-bond donors (Lipinski definition) is 2. The van der Waals surface area contributed by atoms with Gasteiger partial charge in [-0.3, -0.25) is 4.79 Å². The smallest absolute Gasteiger partial charge is 0.257 e. The van der Waals surface area contributed by atoms with Gasteiger partial charge >= 0.3 is 0 Å². The van der Waals surface area contributed by atoms with Crippen LogP contribution in [0.25, 0.3) is 0 Å². The van der Waals surface area contributed by atoms with Crippen LogP contribution in [-0.2, 0) is 10.0 Å². The Hall–Kier alpha value is -1.35. The molecule has 2 rings (SSSR count). The fourth-order valence-corrected chi connectivity index (χ4v) is 4.73. The monoisotopic (exact) mass is 389 g/mol. The number of carbonyl (C=O) groups excluding carboxylic acids is 1. The number of nitrogens with zero attached hydrogens (tertiary/aromatic N) is 1. The second-order valence-corrected chi connectivity index (χ2v) is 8.77. The van der Waals surface area contributed by atoms with Gasteiger partial charge in [-0.2, -0.15) is 0 Å². The maximum absolute atomic E-state index is 13.0. The van der Waals surface area contributed by atoms with Crippen LogP contribution in [0.4, 0.5) is 0 Å². The molecule has 1 fully saturated rings. The molecule has 0 saturated heterocycles. The lowest BCUT2D eigenvalue weighted by Gasteiger charge is -2.29. The van der Waals surface area contributed by atoms with Gasteiger partial charge in [0, 0.05) is 31.2 Å². The van der Waals surface area contributed by atoms with E-state index in [4.69, 9.17) is 22.1 Å². The molecule has 0 aromatic heterocycles. The van der Waals surface area contributed by atoms with E-state index in [0.29, 0.717) is 0 Å². The lowest BCUT2D eigenvalue weighted by atomic mass is 9.98. The minimum absolute atomic E-state index is 0.0363. The average Bonchev–Trinajstić information content (AvgIpc) is 3.38. The largest absolute Gasteiger partial charge is 0.494 e. The molecule has 0 heterocycles. The predicted molar refractivity (Wildman–Crippen MR) is 96.5 cm³/mol. The van der Waals surface area contributed by atoms with Gasteiger partial charge < -0.3 is 15.4 Å². The summed E-state index contributed by atoms with van der Waals surface area (Å²) in [4.78, 5) is 13.5. The van der Waals surface area contributed by atoms with Gasteiger partial charge in [-0.15, -0.1) is 0 Å². The van der Waals surface area contributed by atoms with E-state index < -0.39 is 21.5 Å². The SMILES string of the molecule is COc1c(C(=O)N(C)C)cc(Cl)cc1S(=O)(=O)NC(C)(CN)C1CC1. The minimum Gasteiger partial charge on any atom is -0.494 e. The van der Waals surface area contributed by atoms with Gasteiger partial charge in [0.1, 0.15) is 4.90 Å². The number of nitrogens with one attached hydrogen (secondary N) is 1. The van der Waals surface area contributed by atoms with E-state index in [2.05, 4.69) is 4.72 Å². The molecule has 140 valence electrons. The molecule has 9 heteroatoms. The third kappa shape index (κ3) is 4.08. The van der Waals surface area contributed by atoms with Gasteiger partial charge in [-0.25, -0.2) is 13.1 Å². The van der Waals surface area contributed by atoms with Crippen molar-refractivity contribution in [2.45, 2.75) is 30.2 Å². The summed E-state index contributed by atoms with van der Waals surface area (Å²) in [6.45, 7) is 1.95. The molecule has 1 atom stereocenters. The molecular formula is C16H24ClN3O4S. The van der Waals surface area contributed by atoms with Crippen molar-refractivity contribution in [3.63, 3.8) is 0 Å². The highest BCUT2D eigenvalue weighted by molar-refractivity contribution is 7.89. The Balaban J connectivity index is 2.55. The highest BCUT2D eigenvalue weighted by Crippen LogP contribution is 2.41. The fraction of sp³-hybridized carbons (Fsp3) is 0.562. The van der Waals surface area contributed by atoms with Crippen LogP contribution < -0.4 is 15.2 Å². The average molecular weight is 390 g/mol. The first-order valence-corrected chi connectivity index (χ1v) is 9.75. The van der Waals surface area contributed by atoms with Gasteiger partial charge in [0.05, 0.1) is 12.7 Å². The highest BCUT2D eigenvalue weighted by atomic mass is 35.5. The summed E-state index contributed by atoms with van der Waals surface area (Å²) in [5.74, 6) is -0.245. The number of sulfonamides is 1. The summed E-state index contributed by atoms with van der Waals surface area (Å²) in [7, 11) is 0.451. The molecule has 0 spiro atoms. The molecule has 1 aliphatic carbocycles. The molecular weight excluding hydrogens is 366 g/mol. The van der Waals surface area contributed by atoms with Gasteiger partial charge in [0.15, 0.2) is 5.75 Å². The molecule has 1 aliphatic rings. The van der Waals surface area contributed by atoms with E-state index in [1.54, 1.807) is 21.0 Å². The van der Waals surface area contributed by atoms with Crippen molar-refractivity contribution in [2.24, 2.45) is 11.7 Å². The standard InChI is InChI=1S/C16H24ClN3O4S/c1-16(9-18,10-5-6-10)19-25(22,23)13-8-11(17)7-12(14(13)24-4)15(21)20(2)3/h7-8,10,19H,5-6,9,18H2,1-4H3. The fourth-order valence-electron chi connectivity index (χ4n) is 2.75. The molecule has 0 bridgehead atoms. The molecule has 3 N–H and O–H groups in total. The number of benzene rings is 1. The van der Waals surface area contributed by atoms with Crippen LogP contribution in [0.1, 0.15) is 30.1 Å². The van der Waals surface area contributed by atoms with Crippen LogP contribution in [0, 0.1) is 5.92 Å². The second-order valence-electron chi connectivity index (χ2n) is 6.69. The topological polar surface area (TPSA) is 102 Å². The first-order chi connectivity index (χ1) is 11.6. The van der Waals surface area contributed by atoms with Crippen molar-refractivity contribution in [3.8, 4) is 5.75 Å². The maximum atomic E-state index is 13.0. The van der Waals surface area contributed by atoms with Crippen molar-refractivity contribution in [1.29, 1.82) is 0 Å². The Labute approximate surface area is 153 Å². The Morgan fingerprint density at radius 1 is 1.44 bits per heavy atom. The van der Waals surface area contributed by atoms with Crippen LogP contribution in [0.2, 0.25) is 5.02 Å². The number of amides is 1. The molecule has 1 saturated carbocycles. The number of halogens is 1. The third-order valence-electron chi connectivity index (χ3n) is 4.42. The first-order valence-electron chi connectivity index (χ1n) is 7.89. The Morgan fingerprint density at radius 3 is 2.48 bits per heavy atom. The van der Waals surface area contributed by atoms with Gasteiger partial charge in [0.25, 0.3) is 5.91 Å². The van der Waals surface area contributed by atoms with E-state index in [-0.39, 0.29) is 33.7 Å². The zero-order chi connectivity index (χ0) is 19.0.